The maximum Gasteiger partial charge on any atom is 0.420 e. The van der Waals surface area contributed by atoms with Crippen LogP contribution in [-0.2, 0) is 14.8 Å². The number of carbonyl (C=O) groups is 4. The van der Waals surface area contributed by atoms with Gasteiger partial charge in [-0.1, -0.05) is 19.3 Å². The minimum atomic E-state index is -4.23. The van der Waals surface area contributed by atoms with Crippen LogP contribution in [0.5, 0.6) is 5.88 Å². The number of pyridine rings is 1. The second kappa shape index (κ2) is 11.5. The van der Waals surface area contributed by atoms with Gasteiger partial charge in [0.25, 0.3) is 21.8 Å². The summed E-state index contributed by atoms with van der Waals surface area (Å²) in [7, 11) is -4.23. The van der Waals surface area contributed by atoms with E-state index in [0.717, 1.165) is 44.4 Å². The van der Waals surface area contributed by atoms with Crippen molar-refractivity contribution in [3.63, 3.8) is 0 Å². The number of carbonyl (C=O) groups excluding carboxylic acids is 4. The van der Waals surface area contributed by atoms with Crippen LogP contribution in [0.15, 0.2) is 47.5 Å². The number of imide groups is 1. The van der Waals surface area contributed by atoms with Gasteiger partial charge in [0.05, 0.1) is 17.0 Å². The molecule has 13 heteroatoms. The lowest BCUT2D eigenvalue weighted by Crippen LogP contribution is -2.37. The van der Waals surface area contributed by atoms with E-state index in [1.165, 1.54) is 30.3 Å². The molecule has 5 N–H and O–H groups in total. The zero-order valence-electron chi connectivity index (χ0n) is 18.7. The van der Waals surface area contributed by atoms with Gasteiger partial charge in [-0.15, -0.1) is 0 Å². The molecule has 1 aromatic carbocycles. The minimum Gasteiger partial charge on any atom is -0.391 e. The van der Waals surface area contributed by atoms with Crippen LogP contribution in [0.2, 0.25) is 0 Å². The maximum atomic E-state index is 12.6. The number of hydrogen-bond donors (Lipinski definition) is 4. The first-order valence-corrected chi connectivity index (χ1v) is 12.3. The van der Waals surface area contributed by atoms with Crippen LogP contribution in [0.4, 0.5) is 4.79 Å². The number of rotatable bonds is 7. The summed E-state index contributed by atoms with van der Waals surface area (Å²) in [6.07, 6.45) is 5.03. The average molecular weight is 504 g/mol. The fraction of sp³-hybridized carbons (Fsp3) is 0.318. The van der Waals surface area contributed by atoms with Gasteiger partial charge in [-0.2, -0.15) is 0 Å². The van der Waals surface area contributed by atoms with Crippen LogP contribution in [0.25, 0.3) is 0 Å². The highest BCUT2D eigenvalue weighted by Gasteiger charge is 2.21. The number of ether oxygens (including phenoxy) is 1. The number of nitrogens with two attached hydrogens (primary N) is 1. The Labute approximate surface area is 201 Å². The largest absolute Gasteiger partial charge is 0.420 e. The topological polar surface area (TPSA) is 187 Å². The summed E-state index contributed by atoms with van der Waals surface area (Å²) < 4.78 is 31.8. The molecular formula is C22H25N5O7S. The van der Waals surface area contributed by atoms with Gasteiger partial charge < -0.3 is 15.8 Å². The molecule has 3 rings (SSSR count). The van der Waals surface area contributed by atoms with Gasteiger partial charge >= 0.3 is 6.09 Å². The van der Waals surface area contributed by atoms with Crippen LogP contribution in [-0.4, -0.2) is 49.8 Å². The molecule has 35 heavy (non-hydrogen) atoms. The fourth-order valence-corrected chi connectivity index (χ4v) is 4.38. The van der Waals surface area contributed by atoms with Gasteiger partial charge in [-0.05, 0) is 43.2 Å². The Morgan fingerprint density at radius 2 is 1.60 bits per heavy atom. The van der Waals surface area contributed by atoms with Gasteiger partial charge in [0.1, 0.15) is 0 Å². The summed E-state index contributed by atoms with van der Waals surface area (Å²) in [5, 5.41) is 4.80. The molecule has 0 spiro atoms. The zero-order valence-corrected chi connectivity index (χ0v) is 19.5. The van der Waals surface area contributed by atoms with Crippen molar-refractivity contribution in [3.8, 4) is 5.88 Å². The van der Waals surface area contributed by atoms with E-state index in [9.17, 15) is 27.6 Å². The van der Waals surface area contributed by atoms with Crippen molar-refractivity contribution >= 4 is 33.8 Å². The lowest BCUT2D eigenvalue weighted by molar-refractivity contribution is -0.118. The molecule has 0 saturated heterocycles. The smallest absolute Gasteiger partial charge is 0.391 e. The van der Waals surface area contributed by atoms with E-state index in [2.05, 4.69) is 10.3 Å². The number of amides is 4. The van der Waals surface area contributed by atoms with Gasteiger partial charge in [-0.3, -0.25) is 19.7 Å². The Morgan fingerprint density at radius 3 is 2.20 bits per heavy atom. The monoisotopic (exact) mass is 503 g/mol. The Kier molecular flexibility index (Phi) is 8.49. The molecule has 1 aliphatic rings. The number of nitrogens with one attached hydrogen (secondary N) is 3. The Hall–Kier alpha value is -3.84. The van der Waals surface area contributed by atoms with Gasteiger partial charge in [-0.25, -0.2) is 22.9 Å². The third kappa shape index (κ3) is 7.32. The Balaban J connectivity index is 1.58. The van der Waals surface area contributed by atoms with Crippen LogP contribution in [0.3, 0.4) is 0 Å². The summed E-state index contributed by atoms with van der Waals surface area (Å²) in [5.74, 6) is -2.23. The molecule has 0 aliphatic heterocycles. The molecule has 186 valence electrons. The molecule has 0 radical (unpaired) electrons. The van der Waals surface area contributed by atoms with Crippen molar-refractivity contribution in [1.82, 2.24) is 20.3 Å². The molecule has 1 aliphatic carbocycles. The van der Waals surface area contributed by atoms with Gasteiger partial charge in [0, 0.05) is 23.9 Å². The number of nitrogens with zero attached hydrogens (tertiary/aromatic N) is 1. The van der Waals surface area contributed by atoms with E-state index in [1.54, 1.807) is 0 Å². The molecular weight excluding hydrogens is 478 g/mol. The maximum absolute atomic E-state index is 12.6. The number of hydrogen-bond acceptors (Lipinski definition) is 9. The first-order chi connectivity index (χ1) is 16.7. The van der Waals surface area contributed by atoms with Crippen LogP contribution >= 0.6 is 0 Å². The molecule has 1 saturated carbocycles. The van der Waals surface area contributed by atoms with Crippen molar-refractivity contribution < 1.29 is 32.3 Å². The fourth-order valence-electron chi connectivity index (χ4n) is 3.40. The average Bonchev–Trinajstić information content (AvgIpc) is 2.84. The van der Waals surface area contributed by atoms with Crippen molar-refractivity contribution in [3.05, 3.63) is 53.7 Å². The normalized spacial score (nSPS) is 14.0. The summed E-state index contributed by atoms with van der Waals surface area (Å²) in [6, 6.07) is 7.69. The third-order valence-corrected chi connectivity index (χ3v) is 6.56. The summed E-state index contributed by atoms with van der Waals surface area (Å²) in [5.41, 5.74) is 5.26. The van der Waals surface area contributed by atoms with E-state index in [4.69, 9.17) is 10.5 Å². The highest BCUT2D eigenvalue weighted by atomic mass is 32.2. The molecule has 2 aromatic rings. The highest BCUT2D eigenvalue weighted by molar-refractivity contribution is 7.90. The lowest BCUT2D eigenvalue weighted by Gasteiger charge is -2.22. The van der Waals surface area contributed by atoms with Crippen molar-refractivity contribution in [2.24, 2.45) is 5.73 Å². The quantitative estimate of drug-likeness (QED) is 0.424. The molecule has 0 atom stereocenters. The molecule has 1 heterocycles. The molecule has 4 amide bonds. The van der Waals surface area contributed by atoms with E-state index < -0.39 is 34.5 Å². The summed E-state index contributed by atoms with van der Waals surface area (Å²) >= 11 is 0. The van der Waals surface area contributed by atoms with E-state index >= 15 is 0 Å². The number of benzene rings is 1. The van der Waals surface area contributed by atoms with Crippen LogP contribution in [0.1, 0.15) is 52.8 Å². The predicted octanol–water partition coefficient (Wildman–Crippen LogP) is 0.836. The van der Waals surface area contributed by atoms with Crippen molar-refractivity contribution in [1.29, 1.82) is 0 Å². The van der Waals surface area contributed by atoms with Gasteiger partial charge in [0.15, 0.2) is 0 Å². The Bertz CT molecular complexity index is 1190. The molecule has 12 nitrogen and oxygen atoms in total. The van der Waals surface area contributed by atoms with Gasteiger partial charge in [0.2, 0.25) is 11.8 Å². The van der Waals surface area contributed by atoms with E-state index in [-0.39, 0.29) is 28.3 Å². The standard InChI is InChI=1S/C22H25N5O7S/c23-12-18(28)26-22(31)34-19-11-8-15(13-24-19)21(30)27-35(32,33)17-9-6-14(7-10-17)20(29)25-16-4-2-1-3-5-16/h6-11,13,16H,1-5,12,23H2,(H,25,29)(H,27,30)(H,26,28,31). The van der Waals surface area contributed by atoms with Crippen LogP contribution in [0, 0.1) is 0 Å². The summed E-state index contributed by atoms with van der Waals surface area (Å²) in [4.78, 5) is 50.8. The second-order valence-electron chi connectivity index (χ2n) is 7.79. The first kappa shape index (κ1) is 25.8. The highest BCUT2D eigenvalue weighted by Crippen LogP contribution is 2.18. The predicted molar refractivity (Wildman–Crippen MR) is 123 cm³/mol. The first-order valence-electron chi connectivity index (χ1n) is 10.8. The Morgan fingerprint density at radius 1 is 0.943 bits per heavy atom. The third-order valence-electron chi connectivity index (χ3n) is 5.22. The molecule has 1 fully saturated rings. The van der Waals surface area contributed by atoms with Crippen molar-refractivity contribution in [2.45, 2.75) is 43.0 Å². The lowest BCUT2D eigenvalue weighted by atomic mass is 9.95. The molecule has 0 bridgehead atoms. The number of aromatic nitrogens is 1. The van der Waals surface area contributed by atoms with E-state index in [0.29, 0.717) is 5.56 Å². The SMILES string of the molecule is NCC(=O)NC(=O)Oc1ccc(C(=O)NS(=O)(=O)c2ccc(C(=O)NC3CCCCC3)cc2)cn1. The second-order valence-corrected chi connectivity index (χ2v) is 9.48. The molecule has 0 unspecified atom stereocenters. The number of sulfonamides is 1. The molecule has 1 aromatic heterocycles. The van der Waals surface area contributed by atoms with Crippen LogP contribution < -0.4 is 25.8 Å². The van der Waals surface area contributed by atoms with E-state index in [1.807, 2.05) is 10.0 Å². The van der Waals surface area contributed by atoms with Crippen molar-refractivity contribution in [2.75, 3.05) is 6.54 Å². The summed E-state index contributed by atoms with van der Waals surface area (Å²) in [6.45, 7) is -0.410. The minimum absolute atomic E-state index is 0.118. The zero-order chi connectivity index (χ0) is 25.4.